The van der Waals surface area contributed by atoms with Gasteiger partial charge in [0.25, 0.3) is 10.0 Å². The Balaban J connectivity index is 2.41. The van der Waals surface area contributed by atoms with Crippen molar-refractivity contribution in [3.63, 3.8) is 0 Å². The first-order chi connectivity index (χ1) is 13.0. The molecule has 2 rings (SSSR count). The molecule has 2 aromatic carbocycles. The van der Waals surface area contributed by atoms with E-state index in [1.54, 1.807) is 37.4 Å². The molecule has 2 aromatic rings. The number of ether oxygens (including phenoxy) is 1. The third-order valence-corrected chi connectivity index (χ3v) is 5.46. The van der Waals surface area contributed by atoms with Gasteiger partial charge in [0.05, 0.1) is 12.0 Å². The molecule has 0 aliphatic heterocycles. The van der Waals surface area contributed by atoms with E-state index < -0.39 is 10.0 Å². The van der Waals surface area contributed by atoms with Crippen molar-refractivity contribution in [3.05, 3.63) is 60.2 Å². The van der Waals surface area contributed by atoms with Crippen LogP contribution < -0.4 is 4.74 Å². The highest BCUT2D eigenvalue weighted by molar-refractivity contribution is 7.90. The van der Waals surface area contributed by atoms with Crippen molar-refractivity contribution in [2.75, 3.05) is 20.2 Å². The first kappa shape index (κ1) is 21.0. The zero-order valence-corrected chi connectivity index (χ0v) is 17.1. The average molecular weight is 389 g/mol. The van der Waals surface area contributed by atoms with Crippen molar-refractivity contribution in [3.8, 4) is 5.75 Å². The molecule has 0 spiro atoms. The van der Waals surface area contributed by atoms with Gasteiger partial charge in [-0.1, -0.05) is 44.2 Å². The third-order valence-electron chi connectivity index (χ3n) is 4.14. The predicted octanol–water partition coefficient (Wildman–Crippen LogP) is 4.15. The molecule has 27 heavy (non-hydrogen) atoms. The van der Waals surface area contributed by atoms with Gasteiger partial charge in [0.15, 0.2) is 0 Å². The van der Waals surface area contributed by atoms with Gasteiger partial charge < -0.3 is 9.64 Å². The third kappa shape index (κ3) is 6.10. The number of rotatable bonds is 9. The molecule has 0 aliphatic carbocycles. The Kier molecular flexibility index (Phi) is 7.85. The summed E-state index contributed by atoms with van der Waals surface area (Å²) in [5.41, 5.74) is 0.995. The number of amidine groups is 1. The normalized spacial score (nSPS) is 12.0. The summed E-state index contributed by atoms with van der Waals surface area (Å²) >= 11 is 0. The molecule has 0 aromatic heterocycles. The molecule has 0 bridgehead atoms. The summed E-state index contributed by atoms with van der Waals surface area (Å²) in [6, 6.07) is 16.0. The number of hydrogen-bond donors (Lipinski definition) is 0. The minimum absolute atomic E-state index is 0.213. The van der Waals surface area contributed by atoms with Gasteiger partial charge in [-0.25, -0.2) is 0 Å². The molecule has 0 amide bonds. The van der Waals surface area contributed by atoms with Crippen LogP contribution in [0.4, 0.5) is 0 Å². The van der Waals surface area contributed by atoms with E-state index in [-0.39, 0.29) is 4.90 Å². The first-order valence-electron chi connectivity index (χ1n) is 9.27. The molecule has 0 radical (unpaired) electrons. The van der Waals surface area contributed by atoms with E-state index in [4.69, 9.17) is 4.74 Å². The van der Waals surface area contributed by atoms with Crippen LogP contribution in [0.5, 0.6) is 5.75 Å². The Morgan fingerprint density at radius 1 is 0.963 bits per heavy atom. The largest absolute Gasteiger partial charge is 0.497 e. The molecule has 0 saturated carbocycles. The molecule has 0 unspecified atom stereocenters. The van der Waals surface area contributed by atoms with Crippen LogP contribution in [-0.2, 0) is 16.4 Å². The second-order valence-electron chi connectivity index (χ2n) is 6.31. The Morgan fingerprint density at radius 2 is 1.56 bits per heavy atom. The van der Waals surface area contributed by atoms with Gasteiger partial charge in [0, 0.05) is 19.5 Å². The summed E-state index contributed by atoms with van der Waals surface area (Å²) in [5, 5.41) is 0. The number of benzene rings is 2. The summed E-state index contributed by atoms with van der Waals surface area (Å²) in [4.78, 5) is 2.29. The quantitative estimate of drug-likeness (QED) is 0.478. The lowest BCUT2D eigenvalue weighted by molar-refractivity contribution is 0.410. The monoisotopic (exact) mass is 388 g/mol. The molecule has 0 heterocycles. The van der Waals surface area contributed by atoms with Gasteiger partial charge in [-0.2, -0.15) is 8.42 Å². The Bertz CT molecular complexity index is 825. The van der Waals surface area contributed by atoms with Crippen molar-refractivity contribution in [2.24, 2.45) is 4.40 Å². The van der Waals surface area contributed by atoms with E-state index in [0.29, 0.717) is 12.3 Å². The van der Waals surface area contributed by atoms with Crippen LogP contribution in [0, 0.1) is 0 Å². The first-order valence-corrected chi connectivity index (χ1v) is 10.7. The predicted molar refractivity (Wildman–Crippen MR) is 110 cm³/mol. The molecule has 0 N–H and O–H groups in total. The highest BCUT2D eigenvalue weighted by Crippen LogP contribution is 2.17. The van der Waals surface area contributed by atoms with Gasteiger partial charge >= 0.3 is 0 Å². The maximum Gasteiger partial charge on any atom is 0.283 e. The fourth-order valence-corrected chi connectivity index (χ4v) is 3.89. The molecule has 146 valence electrons. The Labute approximate surface area is 162 Å². The van der Waals surface area contributed by atoms with Crippen molar-refractivity contribution >= 4 is 15.9 Å². The van der Waals surface area contributed by atoms with Crippen LogP contribution in [0.25, 0.3) is 0 Å². The lowest BCUT2D eigenvalue weighted by Gasteiger charge is -2.25. The number of methoxy groups -OCH3 is 1. The van der Waals surface area contributed by atoms with Gasteiger partial charge in [-0.15, -0.1) is 4.40 Å². The number of hydrogen-bond acceptors (Lipinski definition) is 3. The fourth-order valence-electron chi connectivity index (χ4n) is 2.82. The lowest BCUT2D eigenvalue weighted by Crippen LogP contribution is -2.34. The van der Waals surface area contributed by atoms with Crippen molar-refractivity contribution in [1.82, 2.24) is 4.90 Å². The summed E-state index contributed by atoms with van der Waals surface area (Å²) in [5.74, 6) is 1.35. The van der Waals surface area contributed by atoms with E-state index >= 15 is 0 Å². The van der Waals surface area contributed by atoms with Gasteiger partial charge in [-0.3, -0.25) is 0 Å². The second kappa shape index (κ2) is 10.1. The smallest absolute Gasteiger partial charge is 0.283 e. The Morgan fingerprint density at radius 3 is 2.07 bits per heavy atom. The minimum Gasteiger partial charge on any atom is -0.497 e. The van der Waals surface area contributed by atoms with E-state index in [1.165, 1.54) is 0 Å². The SMILES string of the molecule is CCCN(CCC)/C(Cc1ccc(OC)cc1)=N\S(=O)(=O)c1ccccc1. The number of sulfonamides is 1. The van der Waals surface area contributed by atoms with E-state index in [1.807, 2.05) is 24.3 Å². The lowest BCUT2D eigenvalue weighted by atomic mass is 10.1. The van der Waals surface area contributed by atoms with Crippen LogP contribution in [0.1, 0.15) is 32.3 Å². The topological polar surface area (TPSA) is 59.0 Å². The van der Waals surface area contributed by atoms with Crippen molar-refractivity contribution in [2.45, 2.75) is 38.0 Å². The van der Waals surface area contributed by atoms with E-state index in [2.05, 4.69) is 23.1 Å². The summed E-state index contributed by atoms with van der Waals surface area (Å²) in [6.45, 7) is 5.71. The standard InChI is InChI=1S/C21H28N2O3S/c1-4-15-23(16-5-2)21(17-18-11-13-19(26-3)14-12-18)22-27(24,25)20-9-7-6-8-10-20/h6-14H,4-5,15-17H2,1-3H3/b22-21-. The minimum atomic E-state index is -3.75. The van der Waals surface area contributed by atoms with E-state index in [0.717, 1.165) is 37.2 Å². The molecule has 0 aliphatic rings. The fraction of sp³-hybridized carbons (Fsp3) is 0.381. The zero-order valence-electron chi connectivity index (χ0n) is 16.3. The van der Waals surface area contributed by atoms with Crippen LogP contribution in [-0.4, -0.2) is 39.4 Å². The highest BCUT2D eigenvalue weighted by atomic mass is 32.2. The van der Waals surface area contributed by atoms with Crippen LogP contribution in [0.3, 0.4) is 0 Å². The molecule has 0 atom stereocenters. The summed E-state index contributed by atoms with van der Waals surface area (Å²) < 4.78 is 35.1. The van der Waals surface area contributed by atoms with Gasteiger partial charge in [0.2, 0.25) is 0 Å². The summed E-state index contributed by atoms with van der Waals surface area (Å²) in [7, 11) is -2.13. The zero-order chi connectivity index (χ0) is 19.7. The second-order valence-corrected chi connectivity index (χ2v) is 7.91. The Hall–Kier alpha value is -2.34. The van der Waals surface area contributed by atoms with E-state index in [9.17, 15) is 8.42 Å². The van der Waals surface area contributed by atoms with Crippen molar-refractivity contribution < 1.29 is 13.2 Å². The van der Waals surface area contributed by atoms with Crippen LogP contribution in [0.2, 0.25) is 0 Å². The molecular formula is C21H28N2O3S. The van der Waals surface area contributed by atoms with Crippen LogP contribution in [0.15, 0.2) is 63.9 Å². The average Bonchev–Trinajstić information content (AvgIpc) is 2.68. The molecule has 0 saturated heterocycles. The van der Waals surface area contributed by atoms with Gasteiger partial charge in [-0.05, 0) is 42.7 Å². The highest BCUT2D eigenvalue weighted by Gasteiger charge is 2.18. The van der Waals surface area contributed by atoms with Gasteiger partial charge in [0.1, 0.15) is 11.6 Å². The molecule has 6 heteroatoms. The maximum atomic E-state index is 12.8. The van der Waals surface area contributed by atoms with Crippen LogP contribution >= 0.6 is 0 Å². The van der Waals surface area contributed by atoms with Crippen molar-refractivity contribution in [1.29, 1.82) is 0 Å². The molecular weight excluding hydrogens is 360 g/mol. The molecule has 0 fully saturated rings. The maximum absolute atomic E-state index is 12.8. The number of nitrogens with zero attached hydrogens (tertiary/aromatic N) is 2. The molecule has 5 nitrogen and oxygen atoms in total. The summed E-state index contributed by atoms with van der Waals surface area (Å²) in [6.07, 6.45) is 2.30.